The molecule has 142 valence electrons. The highest BCUT2D eigenvalue weighted by Gasteiger charge is 2.39. The molecule has 2 heterocycles. The molecule has 1 aromatic heterocycles. The number of hydrogen-bond acceptors (Lipinski definition) is 4. The second kappa shape index (κ2) is 7.18. The van der Waals surface area contributed by atoms with Crippen LogP contribution in [0.2, 0.25) is 5.02 Å². The van der Waals surface area contributed by atoms with Crippen LogP contribution in [0.5, 0.6) is 0 Å². The third-order valence-electron chi connectivity index (χ3n) is 3.91. The van der Waals surface area contributed by atoms with Gasteiger partial charge in [-0.15, -0.1) is 0 Å². The van der Waals surface area contributed by atoms with Crippen LogP contribution in [0, 0.1) is 0 Å². The Balaban J connectivity index is 1.77. The summed E-state index contributed by atoms with van der Waals surface area (Å²) < 4.78 is 72.5. The number of benzene rings is 1. The molecule has 11 heteroatoms. The molecule has 2 aromatic rings. The van der Waals surface area contributed by atoms with E-state index in [-0.39, 0.29) is 41.6 Å². The number of hydrogen-bond donors (Lipinski definition) is 1. The highest BCUT2D eigenvalue weighted by molar-refractivity contribution is 7.89. The summed E-state index contributed by atoms with van der Waals surface area (Å²) in [7, 11) is -3.87. The molecule has 1 aliphatic heterocycles. The molecular weight excluding hydrogens is 395 g/mol. The molecule has 0 aliphatic carbocycles. The minimum absolute atomic E-state index is 0.0118. The van der Waals surface area contributed by atoms with Crippen LogP contribution in [0.4, 0.5) is 13.2 Å². The maximum absolute atomic E-state index is 13.1. The number of nitrogens with one attached hydrogen (secondary N) is 1. The Bertz CT molecular complexity index is 913. The molecule has 0 saturated heterocycles. The summed E-state index contributed by atoms with van der Waals surface area (Å²) in [5, 5.41) is 3.69. The third kappa shape index (κ3) is 3.88. The highest BCUT2D eigenvalue weighted by atomic mass is 35.5. The van der Waals surface area contributed by atoms with Crippen LogP contribution in [0.1, 0.15) is 17.0 Å². The molecule has 0 radical (unpaired) electrons. The van der Waals surface area contributed by atoms with E-state index in [0.717, 1.165) is 0 Å². The summed E-state index contributed by atoms with van der Waals surface area (Å²) in [6.07, 6.45) is -4.30. The van der Waals surface area contributed by atoms with Crippen LogP contribution in [-0.2, 0) is 40.5 Å². The van der Waals surface area contributed by atoms with Gasteiger partial charge in [-0.05, 0) is 12.1 Å². The average molecular weight is 410 g/mol. The molecule has 0 saturated carbocycles. The van der Waals surface area contributed by atoms with Crippen LogP contribution in [0.15, 0.2) is 29.2 Å². The zero-order valence-electron chi connectivity index (χ0n) is 13.4. The third-order valence-corrected chi connectivity index (χ3v) is 5.87. The minimum Gasteiger partial charge on any atom is -0.376 e. The van der Waals surface area contributed by atoms with Crippen LogP contribution in [-0.4, -0.2) is 31.3 Å². The Labute approximate surface area is 153 Å². The number of fused-ring (bicyclic) bond motifs is 1. The molecular formula is C15H15ClF3N3O3S. The zero-order valence-corrected chi connectivity index (χ0v) is 15.0. The molecule has 0 spiro atoms. The second-order valence-electron chi connectivity index (χ2n) is 5.63. The Hall–Kier alpha value is -1.62. The lowest BCUT2D eigenvalue weighted by Gasteiger charge is -2.15. The summed E-state index contributed by atoms with van der Waals surface area (Å²) in [5.74, 6) is 0. The smallest absolute Gasteiger partial charge is 0.376 e. The number of nitrogens with zero attached hydrogens (tertiary/aromatic N) is 2. The summed E-state index contributed by atoms with van der Waals surface area (Å²) in [6.45, 7) is -0.0290. The molecule has 1 aromatic carbocycles. The lowest BCUT2D eigenvalue weighted by molar-refractivity contribution is -0.142. The Morgan fingerprint density at radius 1 is 1.31 bits per heavy atom. The maximum Gasteiger partial charge on any atom is 0.435 e. The van der Waals surface area contributed by atoms with Gasteiger partial charge in [0.15, 0.2) is 5.69 Å². The van der Waals surface area contributed by atoms with E-state index >= 15 is 0 Å². The van der Waals surface area contributed by atoms with Gasteiger partial charge in [-0.1, -0.05) is 23.7 Å². The molecule has 26 heavy (non-hydrogen) atoms. The van der Waals surface area contributed by atoms with Gasteiger partial charge in [0.1, 0.15) is 4.90 Å². The normalized spacial score (nSPS) is 15.1. The molecule has 0 atom stereocenters. The molecule has 0 amide bonds. The van der Waals surface area contributed by atoms with Crippen LogP contribution >= 0.6 is 11.6 Å². The quantitative estimate of drug-likeness (QED) is 0.823. The first-order valence-corrected chi connectivity index (χ1v) is 9.54. The number of halogens is 4. The first-order valence-electron chi connectivity index (χ1n) is 7.68. The summed E-state index contributed by atoms with van der Waals surface area (Å²) in [4.78, 5) is -0.0893. The predicted molar refractivity (Wildman–Crippen MR) is 87.2 cm³/mol. The fourth-order valence-electron chi connectivity index (χ4n) is 2.75. The number of rotatable bonds is 5. The summed E-state index contributed by atoms with van der Waals surface area (Å²) >= 11 is 5.88. The number of ether oxygens (including phenoxy) is 1. The largest absolute Gasteiger partial charge is 0.435 e. The van der Waals surface area contributed by atoms with Crippen molar-refractivity contribution in [2.24, 2.45) is 0 Å². The van der Waals surface area contributed by atoms with E-state index in [1.165, 1.54) is 22.9 Å². The van der Waals surface area contributed by atoms with E-state index in [0.29, 0.717) is 12.3 Å². The van der Waals surface area contributed by atoms with Crippen molar-refractivity contribution in [1.82, 2.24) is 14.5 Å². The molecule has 3 rings (SSSR count). The van der Waals surface area contributed by atoms with Gasteiger partial charge in [0.25, 0.3) is 0 Å². The fraction of sp³-hybridized carbons (Fsp3) is 0.400. The Morgan fingerprint density at radius 2 is 2.04 bits per heavy atom. The van der Waals surface area contributed by atoms with Gasteiger partial charge in [-0.2, -0.15) is 18.3 Å². The van der Waals surface area contributed by atoms with E-state index in [1.54, 1.807) is 6.07 Å². The highest BCUT2D eigenvalue weighted by Crippen LogP contribution is 2.34. The van der Waals surface area contributed by atoms with Gasteiger partial charge < -0.3 is 4.74 Å². The molecule has 0 bridgehead atoms. The van der Waals surface area contributed by atoms with Gasteiger partial charge in [0.2, 0.25) is 10.0 Å². The van der Waals surface area contributed by atoms with E-state index < -0.39 is 21.9 Å². The van der Waals surface area contributed by atoms with Crippen LogP contribution in [0.25, 0.3) is 0 Å². The fourth-order valence-corrected chi connectivity index (χ4v) is 4.29. The van der Waals surface area contributed by atoms with Gasteiger partial charge in [0.05, 0.1) is 24.8 Å². The molecule has 6 nitrogen and oxygen atoms in total. The average Bonchev–Trinajstić information content (AvgIpc) is 2.94. The van der Waals surface area contributed by atoms with Crippen molar-refractivity contribution in [3.8, 4) is 0 Å². The van der Waals surface area contributed by atoms with E-state index in [4.69, 9.17) is 16.3 Å². The van der Waals surface area contributed by atoms with Crippen molar-refractivity contribution in [2.75, 3.05) is 13.2 Å². The van der Waals surface area contributed by atoms with Crippen molar-refractivity contribution in [1.29, 1.82) is 0 Å². The van der Waals surface area contributed by atoms with Crippen molar-refractivity contribution in [2.45, 2.75) is 30.6 Å². The molecule has 1 aliphatic rings. The van der Waals surface area contributed by atoms with Gasteiger partial charge in [0, 0.05) is 24.2 Å². The molecule has 1 N–H and O–H groups in total. The van der Waals surface area contributed by atoms with Crippen molar-refractivity contribution in [3.63, 3.8) is 0 Å². The summed E-state index contributed by atoms with van der Waals surface area (Å²) in [5.41, 5.74) is -0.556. The van der Waals surface area contributed by atoms with Crippen molar-refractivity contribution < 1.29 is 26.3 Å². The van der Waals surface area contributed by atoms with Gasteiger partial charge >= 0.3 is 6.18 Å². The maximum atomic E-state index is 13.1. The van der Waals surface area contributed by atoms with Crippen LogP contribution < -0.4 is 4.72 Å². The minimum atomic E-state index is -4.59. The molecule has 0 unspecified atom stereocenters. The molecule has 0 fully saturated rings. The Morgan fingerprint density at radius 3 is 2.73 bits per heavy atom. The van der Waals surface area contributed by atoms with Crippen LogP contribution in [0.3, 0.4) is 0 Å². The Kier molecular flexibility index (Phi) is 5.29. The van der Waals surface area contributed by atoms with E-state index in [9.17, 15) is 21.6 Å². The summed E-state index contributed by atoms with van der Waals surface area (Å²) in [6, 6.07) is 5.91. The lowest BCUT2D eigenvalue weighted by Crippen LogP contribution is -2.28. The van der Waals surface area contributed by atoms with Gasteiger partial charge in [-0.3, -0.25) is 4.68 Å². The topological polar surface area (TPSA) is 73.2 Å². The predicted octanol–water partition coefficient (Wildman–Crippen LogP) is 2.61. The standard InChI is InChI=1S/C15H15ClF3N3O3S/c16-11-3-1-2-4-13(11)26(23,24)20-6-7-22-12-5-8-25-9-10(12)14(21-22)15(17,18)19/h1-4,20H,5-9H2. The number of sulfonamides is 1. The van der Waals surface area contributed by atoms with E-state index in [2.05, 4.69) is 9.82 Å². The van der Waals surface area contributed by atoms with Crippen molar-refractivity contribution >= 4 is 21.6 Å². The first-order chi connectivity index (χ1) is 12.2. The zero-order chi connectivity index (χ0) is 18.9. The first kappa shape index (κ1) is 19.2. The van der Waals surface area contributed by atoms with Gasteiger partial charge in [-0.25, -0.2) is 13.1 Å². The van der Waals surface area contributed by atoms with E-state index in [1.807, 2.05) is 0 Å². The number of aromatic nitrogens is 2. The second-order valence-corrected chi connectivity index (χ2v) is 7.77. The monoisotopic (exact) mass is 409 g/mol. The SMILES string of the molecule is O=S(=O)(NCCn1nc(C(F)(F)F)c2c1CCOC2)c1ccccc1Cl. The van der Waals surface area contributed by atoms with Crippen molar-refractivity contribution in [3.05, 3.63) is 46.2 Å². The lowest BCUT2D eigenvalue weighted by atomic mass is 10.1. The number of alkyl halides is 3.